The van der Waals surface area contributed by atoms with Crippen molar-refractivity contribution in [2.24, 2.45) is 0 Å². The number of thioether (sulfide) groups is 1. The summed E-state index contributed by atoms with van der Waals surface area (Å²) in [4.78, 5) is 22.7. The molecule has 3 N–H and O–H groups in total. The lowest BCUT2D eigenvalue weighted by Crippen LogP contribution is -2.43. The fraction of sp³-hybridized carbons (Fsp3) is 0.333. The van der Waals surface area contributed by atoms with Crippen molar-refractivity contribution in [2.75, 3.05) is 17.3 Å². The van der Waals surface area contributed by atoms with Crippen molar-refractivity contribution in [1.29, 1.82) is 0 Å². The number of carbonyl (C=O) groups excluding carboxylic acids is 1. The lowest BCUT2D eigenvalue weighted by molar-refractivity contribution is -0.139. The maximum absolute atomic E-state index is 13.2. The summed E-state index contributed by atoms with van der Waals surface area (Å²) >= 11 is 12.7. The Morgan fingerprint density at radius 2 is 1.95 bits per heavy atom. The number of amides is 2. The summed E-state index contributed by atoms with van der Waals surface area (Å²) in [7, 11) is 0. The van der Waals surface area contributed by atoms with Crippen molar-refractivity contribution in [3.05, 3.63) is 28.0 Å². The third-order valence-electron chi connectivity index (χ3n) is 2.46. The Kier molecular flexibility index (Phi) is 7.07. The van der Waals surface area contributed by atoms with Crippen molar-refractivity contribution in [2.45, 2.75) is 12.5 Å². The van der Waals surface area contributed by atoms with Crippen LogP contribution in [0.1, 0.15) is 6.42 Å². The molecule has 0 heterocycles. The minimum absolute atomic E-state index is 0.165. The van der Waals surface area contributed by atoms with Crippen molar-refractivity contribution >= 4 is 52.7 Å². The van der Waals surface area contributed by atoms with E-state index in [0.717, 1.165) is 0 Å². The number of halogens is 3. The molecular weight excluding hydrogens is 342 g/mol. The second-order valence-corrected chi connectivity index (χ2v) is 5.82. The van der Waals surface area contributed by atoms with Crippen LogP contribution in [0.2, 0.25) is 10.0 Å². The molecule has 0 saturated carbocycles. The second-order valence-electron chi connectivity index (χ2n) is 4.02. The first-order valence-electron chi connectivity index (χ1n) is 5.79. The number of nitrogens with one attached hydrogen (secondary N) is 2. The molecule has 5 nitrogen and oxygen atoms in total. The minimum Gasteiger partial charge on any atom is -0.480 e. The number of carboxylic acid groups (broad SMARTS) is 1. The highest BCUT2D eigenvalue weighted by Crippen LogP contribution is 2.27. The number of benzene rings is 1. The Hall–Kier alpha value is -1.18. The standard InChI is InChI=1S/C12H13Cl2FN2O3S/c1-21-3-2-9(11(18)19)17-12(20)16-6-4-7(13)10(15)8(14)5-6/h4-5,9H,2-3H2,1H3,(H,18,19)(H2,16,17,20)/t9-/m0/s1. The van der Waals surface area contributed by atoms with E-state index in [4.69, 9.17) is 28.3 Å². The van der Waals surface area contributed by atoms with E-state index in [1.165, 1.54) is 23.9 Å². The maximum atomic E-state index is 13.2. The Morgan fingerprint density at radius 1 is 1.38 bits per heavy atom. The van der Waals surface area contributed by atoms with Crippen molar-refractivity contribution in [1.82, 2.24) is 5.32 Å². The van der Waals surface area contributed by atoms with Gasteiger partial charge in [-0.15, -0.1) is 0 Å². The Balaban J connectivity index is 2.70. The monoisotopic (exact) mass is 354 g/mol. The van der Waals surface area contributed by atoms with E-state index in [2.05, 4.69) is 10.6 Å². The number of carbonyl (C=O) groups is 2. The summed E-state index contributed by atoms with van der Waals surface area (Å²) in [6.45, 7) is 0. The molecule has 0 spiro atoms. The second kappa shape index (κ2) is 8.31. The molecule has 116 valence electrons. The van der Waals surface area contributed by atoms with Gasteiger partial charge in [-0.25, -0.2) is 14.0 Å². The van der Waals surface area contributed by atoms with Gasteiger partial charge < -0.3 is 15.7 Å². The summed E-state index contributed by atoms with van der Waals surface area (Å²) in [5, 5.41) is 13.2. The molecule has 1 atom stereocenters. The lowest BCUT2D eigenvalue weighted by Gasteiger charge is -2.15. The third kappa shape index (κ3) is 5.61. The van der Waals surface area contributed by atoms with Crippen molar-refractivity contribution in [3.63, 3.8) is 0 Å². The van der Waals surface area contributed by atoms with Crippen molar-refractivity contribution < 1.29 is 19.1 Å². The summed E-state index contributed by atoms with van der Waals surface area (Å²) < 4.78 is 13.2. The number of hydrogen-bond donors (Lipinski definition) is 3. The van der Waals surface area contributed by atoms with Gasteiger partial charge in [0.1, 0.15) is 6.04 Å². The zero-order chi connectivity index (χ0) is 16.0. The summed E-state index contributed by atoms with van der Waals surface area (Å²) in [6, 6.07) is 0.617. The number of aliphatic carboxylic acids is 1. The molecule has 0 aliphatic heterocycles. The molecule has 0 unspecified atom stereocenters. The van der Waals surface area contributed by atoms with E-state index < -0.39 is 23.9 Å². The molecule has 0 aromatic heterocycles. The first-order valence-corrected chi connectivity index (χ1v) is 7.94. The first-order chi connectivity index (χ1) is 9.85. The van der Waals surface area contributed by atoms with E-state index in [1.54, 1.807) is 0 Å². The zero-order valence-electron chi connectivity index (χ0n) is 11.0. The van der Waals surface area contributed by atoms with E-state index in [9.17, 15) is 14.0 Å². The molecule has 0 aliphatic carbocycles. The molecule has 0 bridgehead atoms. The number of urea groups is 1. The van der Waals surface area contributed by atoms with Gasteiger partial charge in [0.15, 0.2) is 5.82 Å². The van der Waals surface area contributed by atoms with Crippen molar-refractivity contribution in [3.8, 4) is 0 Å². The highest BCUT2D eigenvalue weighted by Gasteiger charge is 2.19. The highest BCUT2D eigenvalue weighted by atomic mass is 35.5. The minimum atomic E-state index is -1.13. The molecule has 0 aliphatic rings. The van der Waals surface area contributed by atoms with Gasteiger partial charge in [0, 0.05) is 5.69 Å². The van der Waals surface area contributed by atoms with Gasteiger partial charge in [0.2, 0.25) is 0 Å². The SMILES string of the molecule is CSCC[C@H](NC(=O)Nc1cc(Cl)c(F)c(Cl)c1)C(=O)O. The van der Waals surface area contributed by atoms with Crippen LogP contribution in [0.3, 0.4) is 0 Å². The van der Waals surface area contributed by atoms with Crippen LogP contribution in [-0.4, -0.2) is 35.2 Å². The molecule has 1 aromatic rings. The van der Waals surface area contributed by atoms with E-state index in [1.807, 2.05) is 6.26 Å². The van der Waals surface area contributed by atoms with E-state index >= 15 is 0 Å². The zero-order valence-corrected chi connectivity index (χ0v) is 13.3. The topological polar surface area (TPSA) is 78.4 Å². The van der Waals surface area contributed by atoms with E-state index in [-0.39, 0.29) is 22.2 Å². The lowest BCUT2D eigenvalue weighted by atomic mass is 10.2. The maximum Gasteiger partial charge on any atom is 0.326 e. The van der Waals surface area contributed by atoms with Crippen LogP contribution < -0.4 is 10.6 Å². The fourth-order valence-corrected chi connectivity index (χ4v) is 2.40. The summed E-state index contributed by atoms with van der Waals surface area (Å²) in [6.07, 6.45) is 2.12. The van der Waals surface area contributed by atoms with E-state index in [0.29, 0.717) is 5.75 Å². The Bertz CT molecular complexity index is 522. The molecule has 9 heteroatoms. The van der Waals surface area contributed by atoms with Gasteiger partial charge in [-0.1, -0.05) is 23.2 Å². The normalized spacial score (nSPS) is 11.8. The molecule has 1 aromatic carbocycles. The van der Waals surface area contributed by atoms with Crippen LogP contribution >= 0.6 is 35.0 Å². The van der Waals surface area contributed by atoms with Gasteiger partial charge in [0.05, 0.1) is 10.0 Å². The van der Waals surface area contributed by atoms with Crippen LogP contribution in [0.5, 0.6) is 0 Å². The van der Waals surface area contributed by atoms with Gasteiger partial charge in [-0.3, -0.25) is 0 Å². The van der Waals surface area contributed by atoms with Gasteiger partial charge in [-0.05, 0) is 30.6 Å². The van der Waals surface area contributed by atoms with Crippen LogP contribution in [-0.2, 0) is 4.79 Å². The van der Waals surface area contributed by atoms with Gasteiger partial charge in [0.25, 0.3) is 0 Å². The average molecular weight is 355 g/mol. The quantitative estimate of drug-likeness (QED) is 0.683. The molecule has 0 radical (unpaired) electrons. The van der Waals surface area contributed by atoms with Crippen LogP contribution in [0.25, 0.3) is 0 Å². The molecule has 0 saturated heterocycles. The largest absolute Gasteiger partial charge is 0.480 e. The number of hydrogen-bond acceptors (Lipinski definition) is 3. The number of anilines is 1. The molecule has 2 amide bonds. The third-order valence-corrected chi connectivity index (χ3v) is 3.65. The molecular formula is C12H13Cl2FN2O3S. The van der Waals surface area contributed by atoms with Crippen LogP contribution in [0.15, 0.2) is 12.1 Å². The average Bonchev–Trinajstić information content (AvgIpc) is 2.40. The smallest absolute Gasteiger partial charge is 0.326 e. The van der Waals surface area contributed by atoms with Gasteiger partial charge >= 0.3 is 12.0 Å². The summed E-state index contributed by atoms with van der Waals surface area (Å²) in [5.74, 6) is -1.33. The Morgan fingerprint density at radius 3 is 2.43 bits per heavy atom. The predicted molar refractivity (Wildman–Crippen MR) is 83.0 cm³/mol. The first kappa shape index (κ1) is 17.9. The molecule has 0 fully saturated rings. The van der Waals surface area contributed by atoms with Crippen LogP contribution in [0.4, 0.5) is 14.9 Å². The molecule has 1 rings (SSSR count). The molecule has 21 heavy (non-hydrogen) atoms. The number of rotatable bonds is 6. The number of carboxylic acids is 1. The fourth-order valence-electron chi connectivity index (χ4n) is 1.45. The summed E-state index contributed by atoms with van der Waals surface area (Å²) in [5.41, 5.74) is 0.165. The van der Waals surface area contributed by atoms with Crippen LogP contribution in [0, 0.1) is 5.82 Å². The van der Waals surface area contributed by atoms with Gasteiger partial charge in [-0.2, -0.15) is 11.8 Å². The predicted octanol–water partition coefficient (Wildman–Crippen LogP) is 3.46. The highest BCUT2D eigenvalue weighted by molar-refractivity contribution is 7.98. The Labute approximate surface area is 135 Å².